The van der Waals surface area contributed by atoms with Gasteiger partial charge >= 0.3 is 0 Å². The van der Waals surface area contributed by atoms with Crippen molar-refractivity contribution in [2.75, 3.05) is 20.3 Å². The Labute approximate surface area is 81.8 Å². The van der Waals surface area contributed by atoms with Gasteiger partial charge in [0, 0.05) is 5.92 Å². The first-order valence-corrected chi connectivity index (χ1v) is 4.28. The molecule has 0 spiro atoms. The van der Waals surface area contributed by atoms with Crippen LogP contribution in [0.3, 0.4) is 0 Å². The number of halogens is 1. The second-order valence-electron chi connectivity index (χ2n) is 2.96. The van der Waals surface area contributed by atoms with Crippen molar-refractivity contribution in [3.05, 3.63) is 29.6 Å². The summed E-state index contributed by atoms with van der Waals surface area (Å²) in [4.78, 5) is 0. The van der Waals surface area contributed by atoms with Crippen LogP contribution in [0.5, 0.6) is 5.75 Å². The highest BCUT2D eigenvalue weighted by molar-refractivity contribution is 5.31. The quantitative estimate of drug-likeness (QED) is 0.759. The highest BCUT2D eigenvalue weighted by Gasteiger charge is 2.11. The second kappa shape index (κ2) is 4.93. The van der Waals surface area contributed by atoms with Crippen molar-refractivity contribution in [1.29, 1.82) is 0 Å². The van der Waals surface area contributed by atoms with E-state index in [9.17, 15) is 4.39 Å². The van der Waals surface area contributed by atoms with Gasteiger partial charge in [-0.25, -0.2) is 4.39 Å². The third-order valence-electron chi connectivity index (χ3n) is 2.09. The molecule has 0 saturated carbocycles. The fraction of sp³-hybridized carbons (Fsp3) is 0.400. The van der Waals surface area contributed by atoms with Gasteiger partial charge in [0.05, 0.1) is 20.3 Å². The van der Waals surface area contributed by atoms with Crippen LogP contribution < -0.4 is 4.74 Å². The van der Waals surface area contributed by atoms with Gasteiger partial charge < -0.3 is 14.9 Å². The van der Waals surface area contributed by atoms with E-state index in [0.717, 1.165) is 0 Å². The lowest BCUT2D eigenvalue weighted by Crippen LogP contribution is -2.09. The molecule has 78 valence electrons. The van der Waals surface area contributed by atoms with Crippen molar-refractivity contribution < 1.29 is 19.3 Å². The smallest absolute Gasteiger partial charge is 0.165 e. The van der Waals surface area contributed by atoms with Gasteiger partial charge in [-0.15, -0.1) is 0 Å². The standard InChI is InChI=1S/C10H13FO3/c1-14-10-3-2-7(4-9(10)11)8(5-12)6-13/h2-4,8,12-13H,5-6H2,1H3. The van der Waals surface area contributed by atoms with Crippen LogP contribution in [0, 0.1) is 5.82 Å². The molecule has 0 aliphatic carbocycles. The van der Waals surface area contributed by atoms with Gasteiger partial charge in [-0.05, 0) is 17.7 Å². The summed E-state index contributed by atoms with van der Waals surface area (Å²) >= 11 is 0. The number of hydrogen-bond acceptors (Lipinski definition) is 3. The molecule has 0 bridgehead atoms. The van der Waals surface area contributed by atoms with Crippen molar-refractivity contribution in [1.82, 2.24) is 0 Å². The van der Waals surface area contributed by atoms with Crippen LogP contribution in [0.15, 0.2) is 18.2 Å². The number of hydrogen-bond donors (Lipinski definition) is 2. The highest BCUT2D eigenvalue weighted by atomic mass is 19.1. The van der Waals surface area contributed by atoms with Crippen molar-refractivity contribution in [2.24, 2.45) is 0 Å². The molecule has 4 heteroatoms. The number of benzene rings is 1. The van der Waals surface area contributed by atoms with Crippen LogP contribution >= 0.6 is 0 Å². The number of rotatable bonds is 4. The van der Waals surface area contributed by atoms with Crippen molar-refractivity contribution in [2.45, 2.75) is 5.92 Å². The first-order valence-electron chi connectivity index (χ1n) is 4.28. The Morgan fingerprint density at radius 2 is 2.00 bits per heavy atom. The Morgan fingerprint density at radius 3 is 2.43 bits per heavy atom. The van der Waals surface area contributed by atoms with E-state index in [1.54, 1.807) is 6.07 Å². The van der Waals surface area contributed by atoms with Crippen LogP contribution in [0.1, 0.15) is 11.5 Å². The lowest BCUT2D eigenvalue weighted by molar-refractivity contribution is 0.192. The summed E-state index contributed by atoms with van der Waals surface area (Å²) in [5.74, 6) is -0.768. The largest absolute Gasteiger partial charge is 0.494 e. The molecular weight excluding hydrogens is 187 g/mol. The van der Waals surface area contributed by atoms with Crippen LogP contribution in [-0.2, 0) is 0 Å². The zero-order valence-electron chi connectivity index (χ0n) is 7.90. The van der Waals surface area contributed by atoms with Crippen molar-refractivity contribution in [3.8, 4) is 5.75 Å². The minimum atomic E-state index is -0.489. The molecule has 0 aliphatic rings. The SMILES string of the molecule is COc1ccc(C(CO)CO)cc1F. The topological polar surface area (TPSA) is 49.7 Å². The van der Waals surface area contributed by atoms with E-state index in [-0.39, 0.29) is 19.0 Å². The normalized spacial score (nSPS) is 10.6. The number of ether oxygens (including phenoxy) is 1. The molecule has 1 aromatic carbocycles. The predicted octanol–water partition coefficient (Wildman–Crippen LogP) is 0.902. The monoisotopic (exact) mass is 200 g/mol. The van der Waals surface area contributed by atoms with Crippen molar-refractivity contribution >= 4 is 0 Å². The Balaban J connectivity index is 2.95. The zero-order valence-corrected chi connectivity index (χ0v) is 7.90. The average Bonchev–Trinajstić information content (AvgIpc) is 2.20. The summed E-state index contributed by atoms with van der Waals surface area (Å²) in [6.07, 6.45) is 0. The van der Waals surface area contributed by atoms with E-state index in [0.29, 0.717) is 5.56 Å². The van der Waals surface area contributed by atoms with Crippen LogP contribution in [0.2, 0.25) is 0 Å². The van der Waals surface area contributed by atoms with E-state index >= 15 is 0 Å². The molecule has 0 radical (unpaired) electrons. The highest BCUT2D eigenvalue weighted by Crippen LogP contribution is 2.22. The van der Waals surface area contributed by atoms with Crippen molar-refractivity contribution in [3.63, 3.8) is 0 Å². The molecule has 0 unspecified atom stereocenters. The molecule has 2 N–H and O–H groups in total. The maximum absolute atomic E-state index is 13.2. The van der Waals surface area contributed by atoms with Gasteiger partial charge in [-0.1, -0.05) is 6.07 Å². The van der Waals surface area contributed by atoms with Gasteiger partial charge in [0.25, 0.3) is 0 Å². The van der Waals surface area contributed by atoms with Crippen LogP contribution in [0.4, 0.5) is 4.39 Å². The average molecular weight is 200 g/mol. The summed E-state index contributed by atoms with van der Waals surface area (Å²) in [5.41, 5.74) is 0.563. The maximum atomic E-state index is 13.2. The molecule has 0 atom stereocenters. The van der Waals surface area contributed by atoms with Gasteiger partial charge in [0.15, 0.2) is 11.6 Å². The van der Waals surface area contributed by atoms with E-state index in [1.165, 1.54) is 19.2 Å². The van der Waals surface area contributed by atoms with Crippen LogP contribution in [0.25, 0.3) is 0 Å². The van der Waals surface area contributed by atoms with Crippen LogP contribution in [-0.4, -0.2) is 30.5 Å². The Kier molecular flexibility index (Phi) is 3.85. The Morgan fingerprint density at radius 1 is 1.36 bits per heavy atom. The van der Waals surface area contributed by atoms with E-state index in [1.807, 2.05) is 0 Å². The third-order valence-corrected chi connectivity index (χ3v) is 2.09. The molecule has 3 nitrogen and oxygen atoms in total. The van der Waals surface area contributed by atoms with Gasteiger partial charge in [0.2, 0.25) is 0 Å². The van der Waals surface area contributed by atoms with Gasteiger partial charge in [0.1, 0.15) is 0 Å². The molecular formula is C10H13FO3. The maximum Gasteiger partial charge on any atom is 0.165 e. The van der Waals surface area contributed by atoms with E-state index < -0.39 is 11.7 Å². The zero-order chi connectivity index (χ0) is 10.6. The summed E-state index contributed by atoms with van der Waals surface area (Å²) in [7, 11) is 1.38. The molecule has 0 aliphatic heterocycles. The van der Waals surface area contributed by atoms with E-state index in [2.05, 4.69) is 0 Å². The first-order chi connectivity index (χ1) is 6.72. The lowest BCUT2D eigenvalue weighted by Gasteiger charge is -2.12. The second-order valence-corrected chi connectivity index (χ2v) is 2.96. The summed E-state index contributed by atoms with van der Waals surface area (Å²) in [5, 5.41) is 17.8. The number of aliphatic hydroxyl groups excluding tert-OH is 2. The number of aliphatic hydroxyl groups is 2. The minimum Gasteiger partial charge on any atom is -0.494 e. The Hall–Kier alpha value is -1.13. The van der Waals surface area contributed by atoms with E-state index in [4.69, 9.17) is 14.9 Å². The Bertz CT molecular complexity index is 297. The van der Waals surface area contributed by atoms with Gasteiger partial charge in [-0.2, -0.15) is 0 Å². The fourth-order valence-electron chi connectivity index (χ4n) is 1.21. The molecule has 14 heavy (non-hydrogen) atoms. The third kappa shape index (κ3) is 2.21. The molecule has 0 aromatic heterocycles. The molecule has 1 rings (SSSR count). The first kappa shape index (κ1) is 10.9. The predicted molar refractivity (Wildman–Crippen MR) is 49.9 cm³/mol. The number of methoxy groups -OCH3 is 1. The molecule has 1 aromatic rings. The van der Waals surface area contributed by atoms with Gasteiger partial charge in [-0.3, -0.25) is 0 Å². The summed E-state index contributed by atoms with van der Waals surface area (Å²) in [6.45, 7) is -0.412. The minimum absolute atomic E-state index is 0.156. The molecule has 0 amide bonds. The summed E-state index contributed by atoms with van der Waals surface area (Å²) in [6, 6.07) is 4.36. The molecule has 0 fully saturated rings. The summed E-state index contributed by atoms with van der Waals surface area (Å²) < 4.78 is 17.9. The molecule has 0 heterocycles. The lowest BCUT2D eigenvalue weighted by atomic mass is 10.0. The fourth-order valence-corrected chi connectivity index (χ4v) is 1.21. The molecule has 0 saturated heterocycles.